The molecular formula is C16H19N3. The van der Waals surface area contributed by atoms with E-state index in [9.17, 15) is 0 Å². The lowest BCUT2D eigenvalue weighted by Crippen LogP contribution is -2.20. The molecular weight excluding hydrogens is 234 g/mol. The van der Waals surface area contributed by atoms with Crippen LogP contribution in [-0.4, -0.2) is 29.8 Å². The normalized spacial score (nSPS) is 13.1. The second-order valence-electron chi connectivity index (χ2n) is 4.64. The number of rotatable bonds is 3. The van der Waals surface area contributed by atoms with Gasteiger partial charge in [0, 0.05) is 20.3 Å². The molecule has 0 aliphatic rings. The number of hydrogen-bond acceptors (Lipinski definition) is 2. The van der Waals surface area contributed by atoms with Gasteiger partial charge in [-0.1, -0.05) is 36.4 Å². The number of pyridine rings is 1. The van der Waals surface area contributed by atoms with Crippen LogP contribution in [0, 0.1) is 0 Å². The highest BCUT2D eigenvalue weighted by molar-refractivity contribution is 5.79. The molecule has 3 nitrogen and oxygen atoms in total. The average molecular weight is 253 g/mol. The van der Waals surface area contributed by atoms with Crippen molar-refractivity contribution in [1.29, 1.82) is 0 Å². The molecule has 0 spiro atoms. The molecule has 2 aromatic rings. The van der Waals surface area contributed by atoms with E-state index < -0.39 is 0 Å². The van der Waals surface area contributed by atoms with Crippen LogP contribution in [-0.2, 0) is 0 Å². The van der Waals surface area contributed by atoms with Gasteiger partial charge in [-0.15, -0.1) is 0 Å². The molecule has 98 valence electrons. The van der Waals surface area contributed by atoms with Crippen molar-refractivity contribution in [2.45, 2.75) is 13.0 Å². The first-order chi connectivity index (χ1) is 9.18. The van der Waals surface area contributed by atoms with E-state index in [2.05, 4.69) is 17.1 Å². The number of benzene rings is 1. The highest BCUT2D eigenvalue weighted by Crippen LogP contribution is 2.24. The maximum Gasteiger partial charge on any atom is 0.119 e. The molecule has 1 heterocycles. The van der Waals surface area contributed by atoms with Crippen molar-refractivity contribution in [3.05, 3.63) is 66.0 Å². The Morgan fingerprint density at radius 1 is 1.05 bits per heavy atom. The van der Waals surface area contributed by atoms with Crippen LogP contribution in [0.25, 0.3) is 0 Å². The van der Waals surface area contributed by atoms with E-state index >= 15 is 0 Å². The number of aliphatic imine (C=N–C) groups is 1. The van der Waals surface area contributed by atoms with Crippen LogP contribution in [0.5, 0.6) is 0 Å². The van der Waals surface area contributed by atoms with E-state index in [1.165, 1.54) is 0 Å². The van der Waals surface area contributed by atoms with Gasteiger partial charge in [-0.05, 0) is 24.6 Å². The summed E-state index contributed by atoms with van der Waals surface area (Å²) in [5.74, 6) is 0.986. The van der Waals surface area contributed by atoms with Crippen molar-refractivity contribution in [3.63, 3.8) is 0 Å². The van der Waals surface area contributed by atoms with Crippen LogP contribution in [0.15, 0.2) is 59.7 Å². The summed E-state index contributed by atoms with van der Waals surface area (Å²) in [6, 6.07) is 16.2. The lowest BCUT2D eigenvalue weighted by Gasteiger charge is -2.17. The predicted octanol–water partition coefficient (Wildman–Crippen LogP) is 3.15. The van der Waals surface area contributed by atoms with Gasteiger partial charge in [-0.25, -0.2) is 0 Å². The van der Waals surface area contributed by atoms with Crippen molar-refractivity contribution >= 4 is 5.84 Å². The van der Waals surface area contributed by atoms with Gasteiger partial charge in [0.05, 0.1) is 11.5 Å². The summed E-state index contributed by atoms with van der Waals surface area (Å²) in [6.45, 7) is 2.01. The molecule has 19 heavy (non-hydrogen) atoms. The van der Waals surface area contributed by atoms with E-state index in [4.69, 9.17) is 4.99 Å². The summed E-state index contributed by atoms with van der Waals surface area (Å²) in [6.07, 6.45) is 1.81. The summed E-state index contributed by atoms with van der Waals surface area (Å²) >= 11 is 0. The molecule has 0 fully saturated rings. The number of nitrogens with zero attached hydrogens (tertiary/aromatic N) is 3. The minimum atomic E-state index is -0.0511. The van der Waals surface area contributed by atoms with Crippen molar-refractivity contribution in [2.24, 2.45) is 4.99 Å². The second kappa shape index (κ2) is 6.14. The van der Waals surface area contributed by atoms with Crippen molar-refractivity contribution in [1.82, 2.24) is 9.88 Å². The topological polar surface area (TPSA) is 28.5 Å². The molecule has 3 heteroatoms. The molecule has 1 atom stereocenters. The molecule has 0 aliphatic heterocycles. The summed E-state index contributed by atoms with van der Waals surface area (Å²) in [5, 5.41) is 0. The van der Waals surface area contributed by atoms with Crippen LogP contribution in [0.3, 0.4) is 0 Å². The lowest BCUT2D eigenvalue weighted by atomic mass is 10.0. The van der Waals surface area contributed by atoms with Gasteiger partial charge < -0.3 is 4.90 Å². The fraction of sp³-hybridized carbons (Fsp3) is 0.250. The van der Waals surface area contributed by atoms with Gasteiger partial charge in [-0.2, -0.15) is 0 Å². The zero-order chi connectivity index (χ0) is 13.7. The average Bonchev–Trinajstić information content (AvgIpc) is 2.46. The standard InChI is InChI=1S/C16H19N3/c1-13(19(2)3)18-16(14-9-5-4-6-10-14)15-11-7-8-12-17-15/h4-12,16H,1-3H3. The van der Waals surface area contributed by atoms with Crippen molar-refractivity contribution in [3.8, 4) is 0 Å². The molecule has 0 bridgehead atoms. The Bertz CT molecular complexity index is 493. The van der Waals surface area contributed by atoms with Gasteiger partial charge in [0.25, 0.3) is 0 Å². The number of hydrogen-bond donors (Lipinski definition) is 0. The van der Waals surface area contributed by atoms with Crippen LogP contribution in [0.2, 0.25) is 0 Å². The Morgan fingerprint density at radius 2 is 1.74 bits per heavy atom. The van der Waals surface area contributed by atoms with E-state index in [-0.39, 0.29) is 6.04 Å². The zero-order valence-electron chi connectivity index (χ0n) is 11.6. The fourth-order valence-corrected chi connectivity index (χ4v) is 1.79. The quantitative estimate of drug-likeness (QED) is 0.621. The first kappa shape index (κ1) is 13.3. The van der Waals surface area contributed by atoms with Crippen molar-refractivity contribution < 1.29 is 0 Å². The largest absolute Gasteiger partial charge is 0.367 e. The number of aromatic nitrogens is 1. The SMILES string of the molecule is CC(=NC(c1ccccc1)c1ccccn1)N(C)C. The monoisotopic (exact) mass is 253 g/mol. The molecule has 0 N–H and O–H groups in total. The Morgan fingerprint density at radius 3 is 2.32 bits per heavy atom. The maximum atomic E-state index is 4.80. The van der Waals surface area contributed by atoms with E-state index in [1.807, 2.05) is 68.5 Å². The third-order valence-electron chi connectivity index (χ3n) is 3.05. The third kappa shape index (κ3) is 3.41. The predicted molar refractivity (Wildman–Crippen MR) is 79.3 cm³/mol. The Kier molecular flexibility index (Phi) is 4.29. The van der Waals surface area contributed by atoms with E-state index in [0.29, 0.717) is 0 Å². The smallest absolute Gasteiger partial charge is 0.119 e. The Hall–Kier alpha value is -2.16. The van der Waals surface area contributed by atoms with Crippen LogP contribution >= 0.6 is 0 Å². The molecule has 0 radical (unpaired) electrons. The molecule has 1 aromatic heterocycles. The third-order valence-corrected chi connectivity index (χ3v) is 3.05. The highest BCUT2D eigenvalue weighted by atomic mass is 15.1. The van der Waals surface area contributed by atoms with E-state index in [1.54, 1.807) is 0 Å². The van der Waals surface area contributed by atoms with Crippen LogP contribution in [0.1, 0.15) is 24.2 Å². The first-order valence-corrected chi connectivity index (χ1v) is 6.36. The summed E-state index contributed by atoms with van der Waals surface area (Å²) in [7, 11) is 4.00. The first-order valence-electron chi connectivity index (χ1n) is 6.36. The Balaban J connectivity index is 2.43. The van der Waals surface area contributed by atoms with Gasteiger partial charge in [-0.3, -0.25) is 9.98 Å². The molecule has 0 saturated heterocycles. The zero-order valence-corrected chi connectivity index (χ0v) is 11.6. The van der Waals surface area contributed by atoms with Crippen molar-refractivity contribution in [2.75, 3.05) is 14.1 Å². The molecule has 0 saturated carbocycles. The second-order valence-corrected chi connectivity index (χ2v) is 4.64. The fourth-order valence-electron chi connectivity index (χ4n) is 1.79. The molecule has 1 aromatic carbocycles. The Labute approximate surface area is 114 Å². The summed E-state index contributed by atoms with van der Waals surface area (Å²) < 4.78 is 0. The molecule has 2 rings (SSSR count). The van der Waals surface area contributed by atoms with Crippen LogP contribution in [0.4, 0.5) is 0 Å². The highest BCUT2D eigenvalue weighted by Gasteiger charge is 2.14. The van der Waals surface area contributed by atoms with Gasteiger partial charge in [0.2, 0.25) is 0 Å². The van der Waals surface area contributed by atoms with Crippen LogP contribution < -0.4 is 0 Å². The molecule has 1 unspecified atom stereocenters. The number of amidine groups is 1. The van der Waals surface area contributed by atoms with Gasteiger partial charge in [0.15, 0.2) is 0 Å². The summed E-state index contributed by atoms with van der Waals surface area (Å²) in [5.41, 5.74) is 2.12. The van der Waals surface area contributed by atoms with Gasteiger partial charge in [0.1, 0.15) is 6.04 Å². The minimum Gasteiger partial charge on any atom is -0.367 e. The summed E-state index contributed by atoms with van der Waals surface area (Å²) in [4.78, 5) is 11.3. The van der Waals surface area contributed by atoms with E-state index in [0.717, 1.165) is 17.1 Å². The van der Waals surface area contributed by atoms with Gasteiger partial charge >= 0.3 is 0 Å². The maximum absolute atomic E-state index is 4.80. The minimum absolute atomic E-state index is 0.0511. The lowest BCUT2D eigenvalue weighted by molar-refractivity contribution is 0.607. The molecule has 0 aliphatic carbocycles. The molecule has 0 amide bonds.